The van der Waals surface area contributed by atoms with Crippen LogP contribution in [0.25, 0.3) is 0 Å². The van der Waals surface area contributed by atoms with Crippen LogP contribution in [0.1, 0.15) is 19.4 Å². The molecule has 134 valence electrons. The van der Waals surface area contributed by atoms with Gasteiger partial charge in [0.25, 0.3) is 5.69 Å². The van der Waals surface area contributed by atoms with Gasteiger partial charge in [0, 0.05) is 19.1 Å². The van der Waals surface area contributed by atoms with Gasteiger partial charge in [-0.2, -0.15) is 0 Å². The number of thioether (sulfide) groups is 1. The van der Waals surface area contributed by atoms with Gasteiger partial charge in [0.05, 0.1) is 16.2 Å². The van der Waals surface area contributed by atoms with Gasteiger partial charge in [-0.15, -0.1) is 0 Å². The molecule has 0 N–H and O–H groups in total. The van der Waals surface area contributed by atoms with Crippen LogP contribution in [-0.4, -0.2) is 37.7 Å². The first kappa shape index (κ1) is 19.2. The number of ether oxygens (including phenoxy) is 1. The smallest absolute Gasteiger partial charge is 0.345 e. The summed E-state index contributed by atoms with van der Waals surface area (Å²) in [7, 11) is 0. The molecule has 0 aliphatic carbocycles. The van der Waals surface area contributed by atoms with Crippen LogP contribution in [0.15, 0.2) is 24.3 Å². The maximum Gasteiger partial charge on any atom is 0.345 e. The Hall–Kier alpha value is -2.13. The third-order valence-corrected chi connectivity index (χ3v) is 5.20. The van der Waals surface area contributed by atoms with Crippen LogP contribution in [0, 0.1) is 16.0 Å². The van der Waals surface area contributed by atoms with E-state index < -0.39 is 27.7 Å². The van der Waals surface area contributed by atoms with Crippen LogP contribution in [0.4, 0.5) is 5.69 Å². The van der Waals surface area contributed by atoms with E-state index in [0.29, 0.717) is 5.56 Å². The highest BCUT2D eigenvalue weighted by Crippen LogP contribution is 2.38. The van der Waals surface area contributed by atoms with Crippen LogP contribution in [0.5, 0.6) is 0 Å². The fraction of sp³-hybridized carbons (Fsp3) is 0.400. The molecule has 1 saturated heterocycles. The molecule has 10 heteroatoms. The van der Waals surface area contributed by atoms with Gasteiger partial charge in [-0.3, -0.25) is 19.7 Å². The Balaban J connectivity index is 1.94. The van der Waals surface area contributed by atoms with Crippen molar-refractivity contribution in [1.82, 2.24) is 4.90 Å². The molecule has 1 heterocycles. The molecule has 1 aliphatic heterocycles. The van der Waals surface area contributed by atoms with Gasteiger partial charge >= 0.3 is 5.97 Å². The third-order valence-electron chi connectivity index (χ3n) is 3.60. The minimum atomic E-state index is -1.33. The molecule has 1 aliphatic rings. The number of carbonyl (C=O) groups excluding carboxylic acids is 3. The molecule has 3 unspecified atom stereocenters. The Bertz CT molecular complexity index is 710. The summed E-state index contributed by atoms with van der Waals surface area (Å²) in [5.41, 5.74) is -0.867. The van der Waals surface area contributed by atoms with E-state index in [4.69, 9.17) is 16.3 Å². The second-order valence-electron chi connectivity index (χ2n) is 5.40. The number of benzene rings is 1. The molecule has 25 heavy (non-hydrogen) atoms. The summed E-state index contributed by atoms with van der Waals surface area (Å²) in [5.74, 6) is -1.56. The Morgan fingerprint density at radius 3 is 2.52 bits per heavy atom. The summed E-state index contributed by atoms with van der Waals surface area (Å²) in [5, 5.41) is 9.90. The van der Waals surface area contributed by atoms with Crippen molar-refractivity contribution in [2.45, 2.75) is 31.3 Å². The zero-order valence-corrected chi connectivity index (χ0v) is 15.0. The molecule has 3 atom stereocenters. The van der Waals surface area contributed by atoms with E-state index in [1.165, 1.54) is 31.2 Å². The highest BCUT2D eigenvalue weighted by atomic mass is 35.5. The SMILES string of the molecule is CC(=O)SC1C(C)C(=O)N1C(Cl)C(=O)OCc1ccc([N+](=O)[O-])cc1. The highest BCUT2D eigenvalue weighted by molar-refractivity contribution is 8.14. The van der Waals surface area contributed by atoms with E-state index >= 15 is 0 Å². The lowest BCUT2D eigenvalue weighted by Crippen LogP contribution is -2.62. The number of nitro groups is 1. The normalized spacial score (nSPS) is 20.6. The minimum Gasteiger partial charge on any atom is -0.458 e. The molecule has 1 fully saturated rings. The number of nitro benzene ring substituents is 1. The largest absolute Gasteiger partial charge is 0.458 e. The molecule has 0 spiro atoms. The Kier molecular flexibility index (Phi) is 6.02. The van der Waals surface area contributed by atoms with Crippen molar-refractivity contribution in [2.75, 3.05) is 0 Å². The molecule has 8 nitrogen and oxygen atoms in total. The van der Waals surface area contributed by atoms with Crippen LogP contribution >= 0.6 is 23.4 Å². The van der Waals surface area contributed by atoms with Gasteiger partial charge in [-0.25, -0.2) is 4.79 Å². The summed E-state index contributed by atoms with van der Waals surface area (Å²) >= 11 is 6.96. The van der Waals surface area contributed by atoms with E-state index in [1.54, 1.807) is 6.92 Å². The van der Waals surface area contributed by atoms with Gasteiger partial charge in [-0.1, -0.05) is 30.3 Å². The van der Waals surface area contributed by atoms with Gasteiger partial charge in [-0.05, 0) is 17.7 Å². The summed E-state index contributed by atoms with van der Waals surface area (Å²) in [4.78, 5) is 46.4. The Morgan fingerprint density at radius 2 is 2.00 bits per heavy atom. The summed E-state index contributed by atoms with van der Waals surface area (Å²) < 4.78 is 5.06. The second-order valence-corrected chi connectivity index (χ2v) is 7.11. The van der Waals surface area contributed by atoms with Gasteiger partial charge in [0.1, 0.15) is 6.61 Å². The molecule has 1 aromatic rings. The number of esters is 1. The predicted molar refractivity (Wildman–Crippen MR) is 90.6 cm³/mol. The lowest BCUT2D eigenvalue weighted by atomic mass is 10.0. The number of likely N-dealkylation sites (tertiary alicyclic amines) is 1. The number of alkyl halides is 1. The number of hydrogen-bond acceptors (Lipinski definition) is 7. The van der Waals surface area contributed by atoms with Gasteiger partial charge in [0.15, 0.2) is 5.12 Å². The molecule has 0 saturated carbocycles. The summed E-state index contributed by atoms with van der Waals surface area (Å²) in [6.07, 6.45) is 0. The zero-order valence-electron chi connectivity index (χ0n) is 13.4. The summed E-state index contributed by atoms with van der Waals surface area (Å²) in [6.45, 7) is 2.89. The number of amides is 1. The molecule has 0 bridgehead atoms. The van der Waals surface area contributed by atoms with E-state index in [-0.39, 0.29) is 23.3 Å². The monoisotopic (exact) mass is 386 g/mol. The number of rotatable bonds is 6. The number of hydrogen-bond donors (Lipinski definition) is 0. The van der Waals surface area contributed by atoms with E-state index in [1.807, 2.05) is 0 Å². The highest BCUT2D eigenvalue weighted by Gasteiger charge is 2.50. The lowest BCUT2D eigenvalue weighted by Gasteiger charge is -2.46. The molecule has 2 rings (SSSR count). The fourth-order valence-corrected chi connectivity index (χ4v) is 3.61. The van der Waals surface area contributed by atoms with Crippen LogP contribution in [0.2, 0.25) is 0 Å². The average Bonchev–Trinajstić information content (AvgIpc) is 2.58. The van der Waals surface area contributed by atoms with Gasteiger partial charge in [0.2, 0.25) is 11.4 Å². The van der Waals surface area contributed by atoms with E-state index in [2.05, 4.69) is 0 Å². The van der Waals surface area contributed by atoms with Crippen molar-refractivity contribution in [3.63, 3.8) is 0 Å². The van der Waals surface area contributed by atoms with Crippen molar-refractivity contribution < 1.29 is 24.0 Å². The quantitative estimate of drug-likeness (QED) is 0.184. The molecule has 1 aromatic carbocycles. The Labute approximate surface area is 152 Å². The molecular formula is C15H15ClN2O6S. The van der Waals surface area contributed by atoms with Crippen molar-refractivity contribution in [3.05, 3.63) is 39.9 Å². The number of β-lactam (4-membered cyclic amide) rings is 1. The maximum absolute atomic E-state index is 12.1. The second kappa shape index (κ2) is 7.83. The van der Waals surface area contributed by atoms with Crippen LogP contribution < -0.4 is 0 Å². The third kappa shape index (κ3) is 4.29. The van der Waals surface area contributed by atoms with Crippen molar-refractivity contribution in [3.8, 4) is 0 Å². The van der Waals surface area contributed by atoms with Crippen LogP contribution in [-0.2, 0) is 25.7 Å². The van der Waals surface area contributed by atoms with Crippen LogP contribution in [0.3, 0.4) is 0 Å². The first-order chi connectivity index (χ1) is 11.7. The number of non-ortho nitro benzene ring substituents is 1. The van der Waals surface area contributed by atoms with Crippen molar-refractivity contribution in [1.29, 1.82) is 0 Å². The maximum atomic E-state index is 12.1. The summed E-state index contributed by atoms with van der Waals surface area (Å²) in [6, 6.07) is 5.50. The Morgan fingerprint density at radius 1 is 1.40 bits per heavy atom. The first-order valence-electron chi connectivity index (χ1n) is 7.25. The van der Waals surface area contributed by atoms with E-state index in [0.717, 1.165) is 16.7 Å². The lowest BCUT2D eigenvalue weighted by molar-refractivity contribution is -0.384. The molecule has 0 aromatic heterocycles. The first-order valence-corrected chi connectivity index (χ1v) is 8.57. The fourth-order valence-electron chi connectivity index (χ4n) is 2.26. The number of halogens is 1. The molecular weight excluding hydrogens is 372 g/mol. The van der Waals surface area contributed by atoms with Crippen molar-refractivity contribution >= 4 is 46.0 Å². The number of nitrogens with zero attached hydrogens (tertiary/aromatic N) is 2. The minimum absolute atomic E-state index is 0.0745. The number of carbonyl (C=O) groups is 3. The molecule has 1 amide bonds. The predicted octanol–water partition coefficient (Wildman–Crippen LogP) is 2.29. The zero-order chi connectivity index (χ0) is 18.7. The topological polar surface area (TPSA) is 107 Å². The molecule has 0 radical (unpaired) electrons. The van der Waals surface area contributed by atoms with Crippen molar-refractivity contribution in [2.24, 2.45) is 5.92 Å². The standard InChI is InChI=1S/C15H15ClN2O6S/c1-8-13(20)17(14(8)25-9(2)19)12(16)15(21)24-7-10-3-5-11(6-4-10)18(22)23/h3-6,8,12,14H,7H2,1-2H3. The van der Waals surface area contributed by atoms with Gasteiger partial charge < -0.3 is 9.64 Å². The average molecular weight is 387 g/mol. The van der Waals surface area contributed by atoms with E-state index in [9.17, 15) is 24.5 Å².